The second kappa shape index (κ2) is 5.07. The van der Waals surface area contributed by atoms with Crippen LogP contribution < -0.4 is 5.32 Å². The number of pyridine rings is 1. The second-order valence-corrected chi connectivity index (χ2v) is 6.39. The molecule has 0 fully saturated rings. The molecule has 4 rings (SSSR count). The first-order valence-corrected chi connectivity index (χ1v) is 8.04. The van der Waals surface area contributed by atoms with E-state index in [9.17, 15) is 0 Å². The number of hydrogen-bond acceptors (Lipinski definition) is 5. The minimum Gasteiger partial charge on any atom is -0.372 e. The minimum atomic E-state index is 0.746. The van der Waals surface area contributed by atoms with Crippen molar-refractivity contribution in [3.8, 4) is 0 Å². The first kappa shape index (κ1) is 12.7. The van der Waals surface area contributed by atoms with Crippen LogP contribution in [0.15, 0.2) is 24.5 Å². The monoisotopic (exact) mass is 296 g/mol. The highest BCUT2D eigenvalue weighted by Crippen LogP contribution is 2.39. The van der Waals surface area contributed by atoms with Crippen molar-refractivity contribution in [2.75, 3.05) is 12.4 Å². The molecule has 0 saturated carbocycles. The molecule has 4 nitrogen and oxygen atoms in total. The van der Waals surface area contributed by atoms with Gasteiger partial charge >= 0.3 is 0 Å². The molecule has 5 heteroatoms. The van der Waals surface area contributed by atoms with Crippen molar-refractivity contribution in [3.05, 3.63) is 46.4 Å². The number of fused-ring (bicyclic) bond motifs is 3. The van der Waals surface area contributed by atoms with E-state index in [1.165, 1.54) is 34.2 Å². The Labute approximate surface area is 127 Å². The van der Waals surface area contributed by atoms with Crippen molar-refractivity contribution in [3.63, 3.8) is 0 Å². The molecule has 0 aliphatic heterocycles. The predicted octanol–water partition coefficient (Wildman–Crippen LogP) is 3.21. The highest BCUT2D eigenvalue weighted by molar-refractivity contribution is 7.19. The van der Waals surface area contributed by atoms with Crippen molar-refractivity contribution >= 4 is 27.4 Å². The molecule has 0 bridgehead atoms. The number of aryl methyl sites for hydroxylation is 2. The average Bonchev–Trinajstić information content (AvgIpc) is 3.07. The number of aromatic nitrogens is 3. The Morgan fingerprint density at radius 2 is 2.05 bits per heavy atom. The lowest BCUT2D eigenvalue weighted by molar-refractivity contribution is 0.916. The van der Waals surface area contributed by atoms with Gasteiger partial charge in [-0.1, -0.05) is 0 Å². The molecule has 0 atom stereocenters. The maximum atomic E-state index is 4.79. The smallest absolute Gasteiger partial charge is 0.138 e. The highest BCUT2D eigenvalue weighted by Gasteiger charge is 2.21. The molecule has 1 aliphatic carbocycles. The predicted molar refractivity (Wildman–Crippen MR) is 86.0 cm³/mol. The molecule has 106 valence electrons. The second-order valence-electron chi connectivity index (χ2n) is 5.31. The molecule has 0 unspecified atom stereocenters. The van der Waals surface area contributed by atoms with E-state index < -0.39 is 0 Å². The number of thiophene rings is 1. The van der Waals surface area contributed by atoms with E-state index in [1.54, 1.807) is 0 Å². The number of anilines is 1. The number of nitrogens with one attached hydrogen (secondary N) is 1. The molecule has 3 aromatic rings. The van der Waals surface area contributed by atoms with Crippen molar-refractivity contribution in [2.24, 2.45) is 0 Å². The largest absolute Gasteiger partial charge is 0.372 e. The fraction of sp³-hybridized carbons (Fsp3) is 0.312. The van der Waals surface area contributed by atoms with Crippen LogP contribution in [0.4, 0.5) is 5.82 Å². The Hall–Kier alpha value is -2.01. The third-order valence-corrected chi connectivity index (χ3v) is 5.15. The van der Waals surface area contributed by atoms with Crippen molar-refractivity contribution in [2.45, 2.75) is 25.7 Å². The number of rotatable bonds is 3. The van der Waals surface area contributed by atoms with Gasteiger partial charge in [0, 0.05) is 30.7 Å². The van der Waals surface area contributed by atoms with Gasteiger partial charge in [0.25, 0.3) is 0 Å². The van der Waals surface area contributed by atoms with Crippen LogP contribution in [0.25, 0.3) is 10.2 Å². The van der Waals surface area contributed by atoms with Gasteiger partial charge in [0.2, 0.25) is 0 Å². The van der Waals surface area contributed by atoms with Crippen molar-refractivity contribution in [1.29, 1.82) is 0 Å². The zero-order valence-electron chi connectivity index (χ0n) is 11.9. The lowest BCUT2D eigenvalue weighted by atomic mass is 10.1. The Bertz CT molecular complexity index is 795. The van der Waals surface area contributed by atoms with Gasteiger partial charge in [-0.25, -0.2) is 9.97 Å². The van der Waals surface area contributed by atoms with E-state index in [4.69, 9.17) is 9.97 Å². The first-order valence-electron chi connectivity index (χ1n) is 7.23. The molecular formula is C16H16N4S. The highest BCUT2D eigenvalue weighted by atomic mass is 32.1. The maximum absolute atomic E-state index is 4.79. The fourth-order valence-corrected chi connectivity index (χ4v) is 4.26. The summed E-state index contributed by atoms with van der Waals surface area (Å²) in [6.07, 6.45) is 7.99. The van der Waals surface area contributed by atoms with Gasteiger partial charge in [0.15, 0.2) is 0 Å². The van der Waals surface area contributed by atoms with Crippen LogP contribution in [0.3, 0.4) is 0 Å². The Morgan fingerprint density at radius 1 is 1.19 bits per heavy atom. The van der Waals surface area contributed by atoms with Crippen LogP contribution >= 0.6 is 11.3 Å². The summed E-state index contributed by atoms with van der Waals surface area (Å²) >= 11 is 1.84. The van der Waals surface area contributed by atoms with Crippen LogP contribution in [0.5, 0.6) is 0 Å². The van der Waals surface area contributed by atoms with E-state index in [-0.39, 0.29) is 0 Å². The van der Waals surface area contributed by atoms with Gasteiger partial charge in [0.1, 0.15) is 16.5 Å². The molecule has 3 heterocycles. The zero-order chi connectivity index (χ0) is 14.2. The summed E-state index contributed by atoms with van der Waals surface area (Å²) in [6.45, 7) is 0. The van der Waals surface area contributed by atoms with Crippen LogP contribution in [-0.2, 0) is 19.3 Å². The molecule has 0 spiro atoms. The summed E-state index contributed by atoms with van der Waals surface area (Å²) in [5.41, 5.74) is 2.66. The normalized spacial score (nSPS) is 13.6. The average molecular weight is 296 g/mol. The zero-order valence-corrected chi connectivity index (χ0v) is 12.7. The number of nitrogens with zero attached hydrogens (tertiary/aromatic N) is 3. The molecule has 21 heavy (non-hydrogen) atoms. The molecule has 1 aliphatic rings. The SMILES string of the molecule is CNc1nc(Cc2ccncc2)nc2sc3c(c12)CCC3. The lowest BCUT2D eigenvalue weighted by Crippen LogP contribution is -2.02. The Kier molecular flexibility index (Phi) is 3.07. The maximum Gasteiger partial charge on any atom is 0.138 e. The van der Waals surface area contributed by atoms with Gasteiger partial charge in [-0.2, -0.15) is 0 Å². The topological polar surface area (TPSA) is 50.7 Å². The summed E-state index contributed by atoms with van der Waals surface area (Å²) in [5, 5.41) is 4.50. The summed E-state index contributed by atoms with van der Waals surface area (Å²) in [7, 11) is 1.94. The standard InChI is InChI=1S/C16H16N4S/c1-17-15-14-11-3-2-4-12(11)21-16(14)20-13(19-15)9-10-5-7-18-8-6-10/h5-8H,2-4,9H2,1H3,(H,17,19,20). The number of hydrogen-bond donors (Lipinski definition) is 1. The van der Waals surface area contributed by atoms with Gasteiger partial charge < -0.3 is 5.32 Å². The Balaban J connectivity index is 1.81. The van der Waals surface area contributed by atoms with E-state index in [1.807, 2.05) is 42.9 Å². The minimum absolute atomic E-state index is 0.746. The first-order chi connectivity index (χ1) is 10.3. The van der Waals surface area contributed by atoms with Gasteiger partial charge in [-0.3, -0.25) is 4.98 Å². The van der Waals surface area contributed by atoms with Crippen LogP contribution in [0.2, 0.25) is 0 Å². The quantitative estimate of drug-likeness (QED) is 0.806. The van der Waals surface area contributed by atoms with Crippen LogP contribution in [-0.4, -0.2) is 22.0 Å². The van der Waals surface area contributed by atoms with Crippen molar-refractivity contribution in [1.82, 2.24) is 15.0 Å². The van der Waals surface area contributed by atoms with Gasteiger partial charge in [-0.05, 0) is 42.5 Å². The summed E-state index contributed by atoms with van der Waals surface area (Å²) in [5.74, 6) is 1.85. The molecule has 0 saturated heterocycles. The van der Waals surface area contributed by atoms with E-state index >= 15 is 0 Å². The summed E-state index contributed by atoms with van der Waals surface area (Å²) in [4.78, 5) is 16.2. The summed E-state index contributed by atoms with van der Waals surface area (Å²) < 4.78 is 0. The molecule has 0 radical (unpaired) electrons. The van der Waals surface area contributed by atoms with Crippen molar-refractivity contribution < 1.29 is 0 Å². The van der Waals surface area contributed by atoms with Gasteiger partial charge in [0.05, 0.1) is 5.39 Å². The van der Waals surface area contributed by atoms with E-state index in [0.717, 1.165) is 29.3 Å². The molecule has 3 aromatic heterocycles. The molecule has 1 N–H and O–H groups in total. The fourth-order valence-electron chi connectivity index (χ4n) is 2.98. The van der Waals surface area contributed by atoms with E-state index in [0.29, 0.717) is 0 Å². The third kappa shape index (κ3) is 2.17. The lowest BCUT2D eigenvalue weighted by Gasteiger charge is -2.07. The molecular weight excluding hydrogens is 280 g/mol. The third-order valence-electron chi connectivity index (χ3n) is 3.96. The Morgan fingerprint density at radius 3 is 2.86 bits per heavy atom. The molecule has 0 amide bonds. The van der Waals surface area contributed by atoms with Gasteiger partial charge in [-0.15, -0.1) is 11.3 Å². The van der Waals surface area contributed by atoms with E-state index in [2.05, 4.69) is 10.3 Å². The van der Waals surface area contributed by atoms with Crippen LogP contribution in [0.1, 0.15) is 28.2 Å². The van der Waals surface area contributed by atoms with Crippen LogP contribution in [0, 0.1) is 0 Å². The molecule has 0 aromatic carbocycles. The summed E-state index contributed by atoms with van der Waals surface area (Å²) in [6, 6.07) is 4.03.